The topological polar surface area (TPSA) is 101 Å². The zero-order valence-corrected chi connectivity index (χ0v) is 6.65. The van der Waals surface area contributed by atoms with Crippen molar-refractivity contribution in [1.29, 1.82) is 0 Å². The number of rotatable bonds is 4. The molecule has 0 saturated heterocycles. The summed E-state index contributed by atoms with van der Waals surface area (Å²) in [4.78, 5) is 19.9. The van der Waals surface area contributed by atoms with Crippen LogP contribution in [0.4, 0.5) is 0 Å². The summed E-state index contributed by atoms with van der Waals surface area (Å²) >= 11 is 0. The monoisotopic (exact) mass is 206 g/mol. The van der Waals surface area contributed by atoms with Gasteiger partial charge >= 0.3 is 11.9 Å². The minimum absolute atomic E-state index is 0. The molecule has 0 spiro atoms. The molecule has 0 saturated carbocycles. The number of nitrogens with two attached hydrogens (primary N) is 1. The van der Waals surface area contributed by atoms with E-state index in [1.54, 1.807) is 0 Å². The van der Waals surface area contributed by atoms with Gasteiger partial charge in [-0.05, 0) is 6.42 Å². The van der Waals surface area contributed by atoms with Crippen molar-refractivity contribution >= 4 is 11.9 Å². The van der Waals surface area contributed by atoms with E-state index < -0.39 is 18.0 Å². The predicted octanol–water partition coefficient (Wildman–Crippen LogP) is -0.739. The van der Waals surface area contributed by atoms with Crippen LogP contribution in [0.25, 0.3) is 0 Å². The van der Waals surface area contributed by atoms with Crippen LogP contribution in [0.1, 0.15) is 12.8 Å². The number of carbonyl (C=O) groups is 2. The zero-order valence-electron chi connectivity index (χ0n) is 5.61. The molecule has 0 aromatic heterocycles. The first kappa shape index (κ1) is 13.0. The van der Waals surface area contributed by atoms with Gasteiger partial charge in [-0.15, -0.1) is 0 Å². The first-order valence-corrected chi connectivity index (χ1v) is 2.74. The Balaban J connectivity index is 0. The molecular formula is C5H9CoNO4. The summed E-state index contributed by atoms with van der Waals surface area (Å²) in [5.41, 5.74) is 5.00. The van der Waals surface area contributed by atoms with E-state index in [1.807, 2.05) is 0 Å². The van der Waals surface area contributed by atoms with Crippen LogP contribution in [0.5, 0.6) is 0 Å². The average Bonchev–Trinajstić information content (AvgIpc) is 1.82. The smallest absolute Gasteiger partial charge is 0.320 e. The molecule has 0 fully saturated rings. The van der Waals surface area contributed by atoms with E-state index in [0.717, 1.165) is 0 Å². The van der Waals surface area contributed by atoms with Crippen molar-refractivity contribution in [1.82, 2.24) is 0 Å². The van der Waals surface area contributed by atoms with Crippen LogP contribution in [0, 0.1) is 0 Å². The largest absolute Gasteiger partial charge is 0.481 e. The molecule has 0 aliphatic rings. The molecule has 4 N–H and O–H groups in total. The van der Waals surface area contributed by atoms with Crippen molar-refractivity contribution in [2.45, 2.75) is 18.9 Å². The first-order chi connectivity index (χ1) is 4.54. The van der Waals surface area contributed by atoms with Crippen LogP contribution in [-0.2, 0) is 26.4 Å². The Bertz CT molecular complexity index is 149. The maximum atomic E-state index is 9.99. The Labute approximate surface area is 73.8 Å². The molecule has 0 unspecified atom stereocenters. The number of carboxylic acid groups (broad SMARTS) is 2. The van der Waals surface area contributed by atoms with E-state index >= 15 is 0 Å². The molecule has 0 amide bonds. The minimum atomic E-state index is -1.17. The van der Waals surface area contributed by atoms with Crippen LogP contribution in [0.3, 0.4) is 0 Å². The second-order valence-corrected chi connectivity index (χ2v) is 1.88. The van der Waals surface area contributed by atoms with E-state index in [9.17, 15) is 9.59 Å². The van der Waals surface area contributed by atoms with Crippen molar-refractivity contribution < 1.29 is 36.6 Å². The Kier molecular flexibility index (Phi) is 7.27. The maximum Gasteiger partial charge on any atom is 0.320 e. The van der Waals surface area contributed by atoms with Crippen molar-refractivity contribution in [3.05, 3.63) is 0 Å². The van der Waals surface area contributed by atoms with Crippen LogP contribution >= 0.6 is 0 Å². The molecule has 0 heterocycles. The van der Waals surface area contributed by atoms with Crippen LogP contribution in [0.2, 0.25) is 0 Å². The molecule has 0 bridgehead atoms. The summed E-state index contributed by atoms with van der Waals surface area (Å²) in [5, 5.41) is 16.3. The number of hydrogen-bond acceptors (Lipinski definition) is 3. The van der Waals surface area contributed by atoms with E-state index in [0.29, 0.717) is 0 Å². The molecule has 0 aromatic rings. The molecule has 67 valence electrons. The molecule has 6 heteroatoms. The second-order valence-electron chi connectivity index (χ2n) is 1.88. The van der Waals surface area contributed by atoms with Crippen molar-refractivity contribution in [3.8, 4) is 0 Å². The van der Waals surface area contributed by atoms with E-state index in [4.69, 9.17) is 15.9 Å². The molecule has 0 aliphatic heterocycles. The van der Waals surface area contributed by atoms with Gasteiger partial charge in [0.15, 0.2) is 0 Å². The Morgan fingerprint density at radius 1 is 1.36 bits per heavy atom. The molecule has 0 rings (SSSR count). The van der Waals surface area contributed by atoms with Gasteiger partial charge in [0.2, 0.25) is 0 Å². The predicted molar refractivity (Wildman–Crippen MR) is 32.5 cm³/mol. The summed E-state index contributed by atoms with van der Waals surface area (Å²) in [7, 11) is 0. The van der Waals surface area contributed by atoms with E-state index in [1.165, 1.54) is 0 Å². The van der Waals surface area contributed by atoms with Gasteiger partial charge in [-0.25, -0.2) is 0 Å². The molecular weight excluding hydrogens is 197 g/mol. The summed E-state index contributed by atoms with van der Waals surface area (Å²) in [6.45, 7) is 0. The summed E-state index contributed by atoms with van der Waals surface area (Å²) in [6.07, 6.45) is -0.224. The third kappa shape index (κ3) is 7.30. The summed E-state index contributed by atoms with van der Waals surface area (Å²) < 4.78 is 0. The summed E-state index contributed by atoms with van der Waals surface area (Å²) in [6, 6.07) is -1.06. The Hall–Kier alpha value is -0.594. The number of hydrogen-bond donors (Lipinski definition) is 3. The fourth-order valence-electron chi connectivity index (χ4n) is 0.402. The fourth-order valence-corrected chi connectivity index (χ4v) is 0.402. The SMILES string of the molecule is N[C@H](CCC(=O)O)C(=O)O.[Co]. The van der Waals surface area contributed by atoms with Gasteiger partial charge in [0, 0.05) is 23.2 Å². The molecule has 1 radical (unpaired) electrons. The van der Waals surface area contributed by atoms with Gasteiger partial charge < -0.3 is 15.9 Å². The van der Waals surface area contributed by atoms with Crippen LogP contribution in [0.15, 0.2) is 0 Å². The van der Waals surface area contributed by atoms with Crippen molar-refractivity contribution in [3.63, 3.8) is 0 Å². The minimum Gasteiger partial charge on any atom is -0.481 e. The normalized spacial score (nSPS) is 11.4. The molecule has 0 aromatic carbocycles. The van der Waals surface area contributed by atoms with Gasteiger partial charge in [0.25, 0.3) is 0 Å². The van der Waals surface area contributed by atoms with E-state index in [2.05, 4.69) is 0 Å². The number of aliphatic carboxylic acids is 2. The van der Waals surface area contributed by atoms with Crippen molar-refractivity contribution in [2.75, 3.05) is 0 Å². The molecule has 1 atom stereocenters. The maximum absolute atomic E-state index is 9.99. The van der Waals surface area contributed by atoms with Gasteiger partial charge in [-0.3, -0.25) is 9.59 Å². The quantitative estimate of drug-likeness (QED) is 0.562. The second kappa shape index (κ2) is 6.14. The van der Waals surface area contributed by atoms with Crippen LogP contribution in [-0.4, -0.2) is 28.2 Å². The number of carboxylic acids is 2. The standard InChI is InChI=1S/C5H9NO4.Co/c6-3(5(9)10)1-2-4(7)8;/h3H,1-2,6H2,(H,7,8)(H,9,10);/t3-;/m1./s1. The molecule has 11 heavy (non-hydrogen) atoms. The molecule has 0 aliphatic carbocycles. The fraction of sp³-hybridized carbons (Fsp3) is 0.600. The molecule has 5 nitrogen and oxygen atoms in total. The van der Waals surface area contributed by atoms with Gasteiger partial charge in [0.05, 0.1) is 0 Å². The third-order valence-electron chi connectivity index (χ3n) is 0.986. The summed E-state index contributed by atoms with van der Waals surface area (Å²) in [5.74, 6) is -2.20. The average molecular weight is 206 g/mol. The van der Waals surface area contributed by atoms with Crippen LogP contribution < -0.4 is 5.73 Å². The first-order valence-electron chi connectivity index (χ1n) is 2.74. The van der Waals surface area contributed by atoms with Gasteiger partial charge in [-0.1, -0.05) is 0 Å². The van der Waals surface area contributed by atoms with Crippen molar-refractivity contribution in [2.24, 2.45) is 5.73 Å². The van der Waals surface area contributed by atoms with E-state index in [-0.39, 0.29) is 29.6 Å². The Morgan fingerprint density at radius 3 is 2.09 bits per heavy atom. The van der Waals surface area contributed by atoms with Gasteiger partial charge in [-0.2, -0.15) is 0 Å². The third-order valence-corrected chi connectivity index (χ3v) is 0.986. The van der Waals surface area contributed by atoms with Gasteiger partial charge in [0.1, 0.15) is 6.04 Å². The Morgan fingerprint density at radius 2 is 1.82 bits per heavy atom. The zero-order chi connectivity index (χ0) is 8.15.